The maximum absolute atomic E-state index is 11.7. The fraction of sp³-hybridized carbons (Fsp3) is 0.923. The van der Waals surface area contributed by atoms with E-state index in [-0.39, 0.29) is 0 Å². The highest BCUT2D eigenvalue weighted by atomic mass is 16.1. The lowest BCUT2D eigenvalue weighted by molar-refractivity contribution is -0.121. The zero-order chi connectivity index (χ0) is 10.7. The molecule has 2 nitrogen and oxygen atoms in total. The number of Topliss-reactive ketones (excluding diaryl/α,β-unsaturated/α-hetero) is 1. The Hall–Kier alpha value is -0.370. The van der Waals surface area contributed by atoms with Gasteiger partial charge in [0.15, 0.2) is 0 Å². The van der Waals surface area contributed by atoms with Crippen molar-refractivity contribution in [2.24, 2.45) is 5.92 Å². The van der Waals surface area contributed by atoms with E-state index in [4.69, 9.17) is 0 Å². The molecule has 0 spiro atoms. The third-order valence-corrected chi connectivity index (χ3v) is 4.02. The highest BCUT2D eigenvalue weighted by molar-refractivity contribution is 5.80. The Bertz CT molecular complexity index is 227. The van der Waals surface area contributed by atoms with Crippen LogP contribution in [0.1, 0.15) is 51.9 Å². The van der Waals surface area contributed by atoms with Gasteiger partial charge < -0.3 is 0 Å². The lowest BCUT2D eigenvalue weighted by Gasteiger charge is -2.37. The second kappa shape index (κ2) is 5.11. The van der Waals surface area contributed by atoms with Gasteiger partial charge in [-0.1, -0.05) is 13.3 Å². The Morgan fingerprint density at radius 3 is 2.87 bits per heavy atom. The smallest absolute Gasteiger partial charge is 0.146 e. The van der Waals surface area contributed by atoms with Gasteiger partial charge in [0.1, 0.15) is 5.78 Å². The summed E-state index contributed by atoms with van der Waals surface area (Å²) in [5, 5.41) is 0. The van der Waals surface area contributed by atoms with Crippen LogP contribution in [0.15, 0.2) is 0 Å². The van der Waals surface area contributed by atoms with E-state index >= 15 is 0 Å². The molecule has 2 rings (SSSR count). The number of hydrogen-bond acceptors (Lipinski definition) is 2. The summed E-state index contributed by atoms with van der Waals surface area (Å²) in [6, 6.07) is 0.750. The van der Waals surface area contributed by atoms with Gasteiger partial charge in [0, 0.05) is 12.5 Å². The van der Waals surface area contributed by atoms with Crippen LogP contribution in [0.2, 0.25) is 0 Å². The summed E-state index contributed by atoms with van der Waals surface area (Å²) in [6.45, 7) is 3.98. The molecule has 1 heterocycles. The molecule has 2 unspecified atom stereocenters. The number of fused-ring (bicyclic) bond motifs is 1. The summed E-state index contributed by atoms with van der Waals surface area (Å²) in [6.07, 6.45) is 8.61. The minimum absolute atomic E-state index is 0.449. The SMILES string of the molecule is CCCC(=O)CN1CCCC2CCCC21. The second-order valence-electron chi connectivity index (χ2n) is 5.16. The monoisotopic (exact) mass is 209 g/mol. The molecule has 1 aliphatic heterocycles. The third kappa shape index (κ3) is 2.60. The number of ketones is 1. The molecule has 0 bridgehead atoms. The number of hydrogen-bond donors (Lipinski definition) is 0. The van der Waals surface area contributed by atoms with Gasteiger partial charge in [-0.2, -0.15) is 0 Å². The molecular formula is C13H23NO. The molecule has 1 saturated heterocycles. The predicted molar refractivity (Wildman–Crippen MR) is 61.9 cm³/mol. The van der Waals surface area contributed by atoms with E-state index in [0.29, 0.717) is 5.78 Å². The molecule has 1 saturated carbocycles. The van der Waals surface area contributed by atoms with E-state index in [1.807, 2.05) is 0 Å². The first-order valence-electron chi connectivity index (χ1n) is 6.57. The van der Waals surface area contributed by atoms with Gasteiger partial charge in [0.2, 0.25) is 0 Å². The molecule has 86 valence electrons. The normalized spacial score (nSPS) is 31.5. The van der Waals surface area contributed by atoms with Crippen LogP contribution in [-0.4, -0.2) is 29.8 Å². The molecule has 15 heavy (non-hydrogen) atoms. The molecule has 0 radical (unpaired) electrons. The zero-order valence-corrected chi connectivity index (χ0v) is 9.87. The lowest BCUT2D eigenvalue weighted by atomic mass is 9.91. The first kappa shape index (κ1) is 11.1. The molecule has 0 amide bonds. The van der Waals surface area contributed by atoms with Crippen molar-refractivity contribution >= 4 is 5.78 Å². The van der Waals surface area contributed by atoms with Gasteiger partial charge in [0.25, 0.3) is 0 Å². The summed E-state index contributed by atoms with van der Waals surface area (Å²) >= 11 is 0. The van der Waals surface area contributed by atoms with E-state index in [0.717, 1.165) is 37.9 Å². The molecular weight excluding hydrogens is 186 g/mol. The Kier molecular flexibility index (Phi) is 3.79. The molecule has 0 aromatic heterocycles. The highest BCUT2D eigenvalue weighted by Crippen LogP contribution is 2.36. The zero-order valence-electron chi connectivity index (χ0n) is 9.87. The van der Waals surface area contributed by atoms with Crippen LogP contribution < -0.4 is 0 Å². The van der Waals surface area contributed by atoms with Crippen LogP contribution in [0.25, 0.3) is 0 Å². The minimum Gasteiger partial charge on any atom is -0.298 e. The van der Waals surface area contributed by atoms with E-state index < -0.39 is 0 Å². The molecule has 0 aromatic rings. The van der Waals surface area contributed by atoms with Gasteiger partial charge in [-0.15, -0.1) is 0 Å². The number of carbonyl (C=O) groups is 1. The van der Waals surface area contributed by atoms with Crippen LogP contribution in [-0.2, 0) is 4.79 Å². The fourth-order valence-corrected chi connectivity index (χ4v) is 3.34. The molecule has 2 fully saturated rings. The Morgan fingerprint density at radius 2 is 2.07 bits per heavy atom. The summed E-state index contributed by atoms with van der Waals surface area (Å²) in [7, 11) is 0. The maximum atomic E-state index is 11.7. The number of piperidine rings is 1. The van der Waals surface area contributed by atoms with Crippen LogP contribution in [0, 0.1) is 5.92 Å². The average Bonchev–Trinajstić information content (AvgIpc) is 2.67. The molecule has 0 N–H and O–H groups in total. The first-order valence-corrected chi connectivity index (χ1v) is 6.57. The molecule has 1 aliphatic carbocycles. The van der Waals surface area contributed by atoms with Crippen molar-refractivity contribution in [1.29, 1.82) is 0 Å². The maximum Gasteiger partial charge on any atom is 0.146 e. The van der Waals surface area contributed by atoms with E-state index in [9.17, 15) is 4.79 Å². The van der Waals surface area contributed by atoms with Crippen LogP contribution in [0.4, 0.5) is 0 Å². The summed E-state index contributed by atoms with van der Waals surface area (Å²) in [5.74, 6) is 1.36. The van der Waals surface area contributed by atoms with Crippen LogP contribution in [0.3, 0.4) is 0 Å². The van der Waals surface area contributed by atoms with Crippen molar-refractivity contribution < 1.29 is 4.79 Å². The van der Waals surface area contributed by atoms with Crippen molar-refractivity contribution in [3.05, 3.63) is 0 Å². The third-order valence-electron chi connectivity index (χ3n) is 4.02. The predicted octanol–water partition coefficient (Wildman–Crippen LogP) is 2.62. The summed E-state index contributed by atoms with van der Waals surface area (Å²) < 4.78 is 0. The van der Waals surface area contributed by atoms with Gasteiger partial charge in [0.05, 0.1) is 6.54 Å². The van der Waals surface area contributed by atoms with Gasteiger partial charge in [-0.25, -0.2) is 0 Å². The molecule has 2 atom stereocenters. The lowest BCUT2D eigenvalue weighted by Crippen LogP contribution is -2.45. The van der Waals surface area contributed by atoms with E-state index in [2.05, 4.69) is 11.8 Å². The number of carbonyl (C=O) groups excluding carboxylic acids is 1. The van der Waals surface area contributed by atoms with Crippen LogP contribution >= 0.6 is 0 Å². The van der Waals surface area contributed by atoms with E-state index in [1.165, 1.54) is 32.1 Å². The largest absolute Gasteiger partial charge is 0.298 e. The van der Waals surface area contributed by atoms with Gasteiger partial charge in [-0.3, -0.25) is 9.69 Å². The number of nitrogens with zero attached hydrogens (tertiary/aromatic N) is 1. The molecule has 0 aromatic carbocycles. The molecule has 2 aliphatic rings. The van der Waals surface area contributed by atoms with Crippen LogP contribution in [0.5, 0.6) is 0 Å². The summed E-state index contributed by atoms with van der Waals surface area (Å²) in [5.41, 5.74) is 0. The molecule has 2 heteroatoms. The van der Waals surface area contributed by atoms with Crippen molar-refractivity contribution in [2.75, 3.05) is 13.1 Å². The van der Waals surface area contributed by atoms with Crippen molar-refractivity contribution in [2.45, 2.75) is 57.9 Å². The first-order chi connectivity index (χ1) is 7.31. The highest BCUT2D eigenvalue weighted by Gasteiger charge is 2.35. The second-order valence-corrected chi connectivity index (χ2v) is 5.16. The van der Waals surface area contributed by atoms with Gasteiger partial charge >= 0.3 is 0 Å². The standard InChI is InChI=1S/C13H23NO/c1-2-5-12(15)10-14-9-4-7-11-6-3-8-13(11)14/h11,13H,2-10H2,1H3. The Balaban J connectivity index is 1.87. The van der Waals surface area contributed by atoms with Gasteiger partial charge in [-0.05, 0) is 44.6 Å². The minimum atomic E-state index is 0.449. The van der Waals surface area contributed by atoms with E-state index in [1.54, 1.807) is 0 Å². The van der Waals surface area contributed by atoms with Crippen molar-refractivity contribution in [1.82, 2.24) is 4.90 Å². The van der Waals surface area contributed by atoms with Crippen molar-refractivity contribution in [3.8, 4) is 0 Å². The quantitative estimate of drug-likeness (QED) is 0.709. The Labute approximate surface area is 93.0 Å². The number of rotatable bonds is 4. The fourth-order valence-electron chi connectivity index (χ4n) is 3.34. The Morgan fingerprint density at radius 1 is 1.27 bits per heavy atom. The van der Waals surface area contributed by atoms with Crippen molar-refractivity contribution in [3.63, 3.8) is 0 Å². The number of likely N-dealkylation sites (tertiary alicyclic amines) is 1. The topological polar surface area (TPSA) is 20.3 Å². The summed E-state index contributed by atoms with van der Waals surface area (Å²) in [4.78, 5) is 14.1. The average molecular weight is 209 g/mol.